The Morgan fingerprint density at radius 1 is 1.11 bits per heavy atom. The second kappa shape index (κ2) is 7.63. The Labute approximate surface area is 159 Å². The Kier molecular flexibility index (Phi) is 6.06. The molecule has 2 heterocycles. The van der Waals surface area contributed by atoms with Crippen molar-refractivity contribution in [2.45, 2.75) is 33.1 Å². The number of hydrogen-bond donors (Lipinski definition) is 2. The van der Waals surface area contributed by atoms with Gasteiger partial charge < -0.3 is 13.1 Å². The van der Waals surface area contributed by atoms with Gasteiger partial charge >= 0.3 is 26.8 Å². The zero-order valence-corrected chi connectivity index (χ0v) is 16.7. The first-order chi connectivity index (χ1) is 12.3. The molecular formula is C12H16ClN3O9S2. The van der Waals surface area contributed by atoms with Gasteiger partial charge in [0, 0.05) is 5.92 Å². The topological polar surface area (TPSA) is 167 Å². The van der Waals surface area contributed by atoms with Crippen LogP contribution in [0.15, 0.2) is 0 Å². The fourth-order valence-corrected chi connectivity index (χ4v) is 3.04. The lowest BCUT2D eigenvalue weighted by atomic mass is 10.2. The monoisotopic (exact) mass is 445 g/mol. The van der Waals surface area contributed by atoms with E-state index in [0.717, 1.165) is 4.40 Å². The smallest absolute Gasteiger partial charge is 0.448 e. The lowest BCUT2D eigenvalue weighted by molar-refractivity contribution is 0.285. The second-order valence-corrected chi connectivity index (χ2v) is 7.90. The van der Waals surface area contributed by atoms with Crippen LogP contribution in [0, 0.1) is 0 Å². The third-order valence-corrected chi connectivity index (χ3v) is 3.99. The Balaban J connectivity index is 2.94. The lowest BCUT2D eigenvalue weighted by Crippen LogP contribution is -2.12. The minimum Gasteiger partial charge on any atom is -0.464 e. The molecule has 12 nitrogen and oxygen atoms in total. The Bertz CT molecular complexity index is 1060. The summed E-state index contributed by atoms with van der Waals surface area (Å²) >= 11 is 5.93. The molecule has 0 saturated heterocycles. The molecule has 2 rings (SSSR count). The molecule has 2 N–H and O–H groups in total. The van der Waals surface area contributed by atoms with Gasteiger partial charge in [-0.1, -0.05) is 32.4 Å². The maximum absolute atomic E-state index is 11.2. The van der Waals surface area contributed by atoms with Crippen molar-refractivity contribution in [2.24, 2.45) is 0 Å². The summed E-state index contributed by atoms with van der Waals surface area (Å²) in [4.78, 5) is 7.82. The van der Waals surface area contributed by atoms with E-state index in [1.54, 1.807) is 13.8 Å². The minimum atomic E-state index is -5.07. The van der Waals surface area contributed by atoms with Gasteiger partial charge in [-0.2, -0.15) is 26.8 Å². The predicted octanol–water partition coefficient (Wildman–Crippen LogP) is 1.66. The van der Waals surface area contributed by atoms with E-state index in [2.05, 4.69) is 18.3 Å². The molecule has 0 radical (unpaired) electrons. The fourth-order valence-electron chi connectivity index (χ4n) is 2.11. The van der Waals surface area contributed by atoms with Crippen LogP contribution >= 0.6 is 11.6 Å². The normalized spacial score (nSPS) is 12.6. The van der Waals surface area contributed by atoms with Crippen molar-refractivity contribution in [3.05, 3.63) is 11.0 Å². The third kappa shape index (κ3) is 5.10. The van der Waals surface area contributed by atoms with Crippen LogP contribution in [0.4, 0.5) is 0 Å². The molecule has 0 atom stereocenters. The number of ether oxygens (including phenoxy) is 1. The summed E-state index contributed by atoms with van der Waals surface area (Å²) in [7, 11) is -10.1. The summed E-state index contributed by atoms with van der Waals surface area (Å²) < 4.78 is 78.1. The van der Waals surface area contributed by atoms with Crippen molar-refractivity contribution in [3.8, 4) is 17.6 Å². The van der Waals surface area contributed by atoms with Crippen LogP contribution in [0.1, 0.15) is 38.9 Å². The van der Waals surface area contributed by atoms with E-state index in [1.807, 2.05) is 6.92 Å². The standard InChI is InChI=1S/C12H16ClN3O9S2/c1-4-5-23-12-14-9(13)8(24-26(17,18)19)7-11(25-27(20,21)22)15-10(6(2)3)16(7)12/h6H,4-5H2,1-3H3,(H,17,18,19)(H,20,21,22). The maximum Gasteiger partial charge on any atom is 0.448 e. The summed E-state index contributed by atoms with van der Waals surface area (Å²) in [5.41, 5.74) is -0.431. The Morgan fingerprint density at radius 3 is 2.19 bits per heavy atom. The molecule has 0 aromatic carbocycles. The molecule has 15 heteroatoms. The van der Waals surface area contributed by atoms with E-state index in [1.165, 1.54) is 0 Å². The number of imidazole rings is 1. The van der Waals surface area contributed by atoms with Gasteiger partial charge in [-0.25, -0.2) is 4.40 Å². The van der Waals surface area contributed by atoms with E-state index in [9.17, 15) is 16.8 Å². The molecule has 27 heavy (non-hydrogen) atoms. The first-order valence-corrected chi connectivity index (χ1v) is 10.5. The van der Waals surface area contributed by atoms with Crippen LogP contribution in [0.5, 0.6) is 17.6 Å². The van der Waals surface area contributed by atoms with Crippen LogP contribution in [-0.2, 0) is 20.8 Å². The predicted molar refractivity (Wildman–Crippen MR) is 92.2 cm³/mol. The maximum atomic E-state index is 11.2. The highest BCUT2D eigenvalue weighted by Crippen LogP contribution is 2.40. The lowest BCUT2D eigenvalue weighted by Gasteiger charge is -2.13. The van der Waals surface area contributed by atoms with E-state index >= 15 is 0 Å². The van der Waals surface area contributed by atoms with Crippen molar-refractivity contribution in [1.29, 1.82) is 0 Å². The molecule has 2 aromatic heterocycles. The number of halogens is 1. The van der Waals surface area contributed by atoms with Gasteiger partial charge in [-0.05, 0) is 6.42 Å². The van der Waals surface area contributed by atoms with Crippen molar-refractivity contribution in [1.82, 2.24) is 14.4 Å². The molecule has 2 aromatic rings. The average molecular weight is 446 g/mol. The van der Waals surface area contributed by atoms with Crippen LogP contribution < -0.4 is 13.1 Å². The van der Waals surface area contributed by atoms with Crippen LogP contribution in [0.2, 0.25) is 5.15 Å². The van der Waals surface area contributed by atoms with E-state index in [4.69, 9.17) is 25.4 Å². The van der Waals surface area contributed by atoms with E-state index < -0.39 is 43.1 Å². The summed E-state index contributed by atoms with van der Waals surface area (Å²) in [5, 5.41) is -0.582. The molecule has 0 fully saturated rings. The highest BCUT2D eigenvalue weighted by molar-refractivity contribution is 7.81. The van der Waals surface area contributed by atoms with E-state index in [0.29, 0.717) is 6.42 Å². The van der Waals surface area contributed by atoms with Crippen molar-refractivity contribution in [3.63, 3.8) is 0 Å². The van der Waals surface area contributed by atoms with Crippen LogP contribution in [-0.4, -0.2) is 46.9 Å². The quantitative estimate of drug-likeness (QED) is 0.447. The molecule has 0 spiro atoms. The number of hydrogen-bond acceptors (Lipinski definition) is 9. The van der Waals surface area contributed by atoms with Crippen molar-refractivity contribution >= 4 is 37.9 Å². The first-order valence-electron chi connectivity index (χ1n) is 7.42. The molecule has 0 aliphatic carbocycles. The molecule has 0 amide bonds. The second-order valence-electron chi connectivity index (χ2n) is 5.50. The van der Waals surface area contributed by atoms with Crippen LogP contribution in [0.25, 0.3) is 5.52 Å². The average Bonchev–Trinajstić information content (AvgIpc) is 2.85. The molecule has 0 saturated carbocycles. The first kappa shape index (κ1) is 21.4. The highest BCUT2D eigenvalue weighted by atomic mass is 35.5. The summed E-state index contributed by atoms with van der Waals surface area (Å²) in [6.07, 6.45) is 0.587. The molecule has 152 valence electrons. The third-order valence-electron chi connectivity index (χ3n) is 2.98. The van der Waals surface area contributed by atoms with Gasteiger partial charge in [0.25, 0.3) is 5.88 Å². The Morgan fingerprint density at radius 2 is 1.70 bits per heavy atom. The van der Waals surface area contributed by atoms with Gasteiger partial charge in [0.2, 0.25) is 5.75 Å². The molecule has 0 unspecified atom stereocenters. The van der Waals surface area contributed by atoms with E-state index in [-0.39, 0.29) is 24.4 Å². The molecule has 0 bridgehead atoms. The van der Waals surface area contributed by atoms with Gasteiger partial charge in [-0.3, -0.25) is 9.11 Å². The molecule has 0 aliphatic rings. The van der Waals surface area contributed by atoms with Crippen molar-refractivity contribution in [2.75, 3.05) is 6.61 Å². The zero-order chi connectivity index (χ0) is 20.6. The minimum absolute atomic E-state index is 0.138. The number of rotatable bonds is 8. The SMILES string of the molecule is CCCOc1nc(Cl)c(OS(=O)(=O)O)c2c(OS(=O)(=O)O)nc(C(C)C)n12. The van der Waals surface area contributed by atoms with Gasteiger partial charge in [-0.15, -0.1) is 0 Å². The van der Waals surface area contributed by atoms with Crippen molar-refractivity contribution < 1.29 is 39.0 Å². The van der Waals surface area contributed by atoms with Gasteiger partial charge in [0.05, 0.1) is 6.61 Å². The highest BCUT2D eigenvalue weighted by Gasteiger charge is 2.30. The largest absolute Gasteiger partial charge is 0.464 e. The number of nitrogens with zero attached hydrogens (tertiary/aromatic N) is 3. The van der Waals surface area contributed by atoms with Gasteiger partial charge in [0.1, 0.15) is 5.82 Å². The zero-order valence-electron chi connectivity index (χ0n) is 14.3. The molecule has 0 aliphatic heterocycles. The Hall–Kier alpha value is -1.87. The van der Waals surface area contributed by atoms with Gasteiger partial charge in [0.15, 0.2) is 10.7 Å². The number of aromatic nitrogens is 3. The van der Waals surface area contributed by atoms with Crippen LogP contribution in [0.3, 0.4) is 0 Å². The summed E-state index contributed by atoms with van der Waals surface area (Å²) in [6, 6.07) is -0.152. The molecular weight excluding hydrogens is 430 g/mol. The fraction of sp³-hybridized carbons (Fsp3) is 0.500. The summed E-state index contributed by atoms with van der Waals surface area (Å²) in [5.74, 6) is -1.73. The summed E-state index contributed by atoms with van der Waals surface area (Å²) in [6.45, 7) is 5.39. The number of fused-ring (bicyclic) bond motifs is 1.